The number of pyridine rings is 1. The number of aryl methyl sites for hydroxylation is 1. The maximum Gasteiger partial charge on any atom is 0.215 e. The van der Waals surface area contributed by atoms with Gasteiger partial charge >= 0.3 is 0 Å². The summed E-state index contributed by atoms with van der Waals surface area (Å²) < 4.78 is 10.8. The van der Waals surface area contributed by atoms with E-state index in [1.807, 2.05) is 24.3 Å². The lowest BCUT2D eigenvalue weighted by atomic mass is 10.0. The van der Waals surface area contributed by atoms with Gasteiger partial charge in [0.05, 0.1) is 20.3 Å². The number of ether oxygens (including phenoxy) is 2. The van der Waals surface area contributed by atoms with Crippen LogP contribution in [-0.4, -0.2) is 38.4 Å². The van der Waals surface area contributed by atoms with Gasteiger partial charge in [-0.3, -0.25) is 0 Å². The number of aromatic nitrogens is 1. The normalized spacial score (nSPS) is 14.9. The van der Waals surface area contributed by atoms with Crippen LogP contribution in [0.4, 0.5) is 11.5 Å². The van der Waals surface area contributed by atoms with Gasteiger partial charge < -0.3 is 20.1 Å². The highest BCUT2D eigenvalue weighted by atomic mass is 16.5. The van der Waals surface area contributed by atoms with Crippen LogP contribution in [0.2, 0.25) is 0 Å². The third-order valence-electron chi connectivity index (χ3n) is 3.91. The maximum absolute atomic E-state index is 5.94. The van der Waals surface area contributed by atoms with Crippen molar-refractivity contribution < 1.29 is 9.47 Å². The predicted molar refractivity (Wildman–Crippen MR) is 88.4 cm³/mol. The van der Waals surface area contributed by atoms with Crippen molar-refractivity contribution in [3.63, 3.8) is 0 Å². The van der Waals surface area contributed by atoms with Crippen molar-refractivity contribution in [2.24, 2.45) is 0 Å². The summed E-state index contributed by atoms with van der Waals surface area (Å²) in [4.78, 5) is 6.79. The van der Waals surface area contributed by atoms with Crippen LogP contribution in [-0.2, 0) is 4.74 Å². The third-order valence-corrected chi connectivity index (χ3v) is 3.91. The van der Waals surface area contributed by atoms with Crippen LogP contribution in [0.3, 0.4) is 0 Å². The predicted octanol–water partition coefficient (Wildman–Crippen LogP) is 2.48. The number of nitrogen functional groups attached to an aromatic ring is 1. The van der Waals surface area contributed by atoms with Gasteiger partial charge in [0, 0.05) is 24.8 Å². The summed E-state index contributed by atoms with van der Waals surface area (Å²) in [6, 6.07) is 9.99. The Morgan fingerprint density at radius 1 is 1.18 bits per heavy atom. The molecule has 22 heavy (non-hydrogen) atoms. The Bertz CT molecular complexity index is 667. The zero-order valence-corrected chi connectivity index (χ0v) is 13.0. The number of hydrogen-bond acceptors (Lipinski definition) is 5. The summed E-state index contributed by atoms with van der Waals surface area (Å²) in [5, 5.41) is 0. The van der Waals surface area contributed by atoms with E-state index >= 15 is 0 Å². The lowest BCUT2D eigenvalue weighted by Gasteiger charge is -2.28. The molecule has 0 spiro atoms. The monoisotopic (exact) mass is 299 g/mol. The van der Waals surface area contributed by atoms with Crippen molar-refractivity contribution in [1.29, 1.82) is 0 Å². The topological polar surface area (TPSA) is 60.6 Å². The summed E-state index contributed by atoms with van der Waals surface area (Å²) in [6.07, 6.45) is 0. The van der Waals surface area contributed by atoms with Crippen molar-refractivity contribution in [2.45, 2.75) is 6.92 Å². The van der Waals surface area contributed by atoms with E-state index in [2.05, 4.69) is 22.9 Å². The minimum atomic E-state index is 0.612. The van der Waals surface area contributed by atoms with E-state index in [1.54, 1.807) is 7.11 Å². The molecule has 1 aliphatic rings. The molecule has 0 saturated carbocycles. The van der Waals surface area contributed by atoms with E-state index in [1.165, 1.54) is 5.56 Å². The molecule has 1 aromatic carbocycles. The summed E-state index contributed by atoms with van der Waals surface area (Å²) >= 11 is 0. The average Bonchev–Trinajstić information content (AvgIpc) is 2.57. The molecule has 3 rings (SSSR count). The quantitative estimate of drug-likeness (QED) is 0.882. The number of benzene rings is 1. The highest BCUT2D eigenvalue weighted by molar-refractivity contribution is 5.74. The molecule has 0 aliphatic carbocycles. The van der Waals surface area contributed by atoms with E-state index < -0.39 is 0 Å². The molecule has 1 saturated heterocycles. The fourth-order valence-electron chi connectivity index (χ4n) is 2.66. The van der Waals surface area contributed by atoms with Gasteiger partial charge in [0.15, 0.2) is 0 Å². The molecule has 2 N–H and O–H groups in total. The van der Waals surface area contributed by atoms with E-state index in [0.29, 0.717) is 5.88 Å². The second-order valence-corrected chi connectivity index (χ2v) is 5.43. The number of anilines is 2. The van der Waals surface area contributed by atoms with Crippen molar-refractivity contribution in [2.75, 3.05) is 44.0 Å². The molecule has 5 nitrogen and oxygen atoms in total. The van der Waals surface area contributed by atoms with Gasteiger partial charge in [0.2, 0.25) is 5.88 Å². The van der Waals surface area contributed by atoms with Crippen LogP contribution in [0.1, 0.15) is 5.56 Å². The van der Waals surface area contributed by atoms with Gasteiger partial charge in [-0.25, -0.2) is 0 Å². The van der Waals surface area contributed by atoms with Crippen LogP contribution in [0.15, 0.2) is 30.3 Å². The Kier molecular flexibility index (Phi) is 4.15. The number of rotatable bonds is 3. The first-order chi connectivity index (χ1) is 10.7. The van der Waals surface area contributed by atoms with Gasteiger partial charge in [-0.2, -0.15) is 4.98 Å². The third kappa shape index (κ3) is 2.99. The van der Waals surface area contributed by atoms with Crippen LogP contribution >= 0.6 is 0 Å². The van der Waals surface area contributed by atoms with Gasteiger partial charge in [-0.1, -0.05) is 6.07 Å². The minimum Gasteiger partial charge on any atom is -0.481 e. The van der Waals surface area contributed by atoms with E-state index in [4.69, 9.17) is 15.2 Å². The fourth-order valence-corrected chi connectivity index (χ4v) is 2.66. The SMILES string of the molecule is COc1cc(-c2cc(N)ccc2C)cc(N2CCOCC2)n1. The van der Waals surface area contributed by atoms with Crippen LogP contribution in [0.5, 0.6) is 5.88 Å². The van der Waals surface area contributed by atoms with Gasteiger partial charge in [0.1, 0.15) is 5.82 Å². The number of methoxy groups -OCH3 is 1. The Balaban J connectivity index is 2.05. The molecule has 2 heterocycles. The van der Waals surface area contributed by atoms with Crippen molar-refractivity contribution in [1.82, 2.24) is 4.98 Å². The Hall–Kier alpha value is -2.27. The lowest BCUT2D eigenvalue weighted by molar-refractivity contribution is 0.122. The second kappa shape index (κ2) is 6.23. The average molecular weight is 299 g/mol. The molecule has 0 radical (unpaired) electrons. The highest BCUT2D eigenvalue weighted by Gasteiger charge is 2.15. The van der Waals surface area contributed by atoms with E-state index in [-0.39, 0.29) is 0 Å². The van der Waals surface area contributed by atoms with Crippen molar-refractivity contribution >= 4 is 11.5 Å². The molecule has 116 valence electrons. The Labute approximate surface area is 130 Å². The molecule has 1 fully saturated rings. The molecule has 5 heteroatoms. The largest absolute Gasteiger partial charge is 0.481 e. The molecular weight excluding hydrogens is 278 g/mol. The first-order valence-corrected chi connectivity index (χ1v) is 7.42. The summed E-state index contributed by atoms with van der Waals surface area (Å²) in [5.74, 6) is 1.53. The number of hydrogen-bond donors (Lipinski definition) is 1. The van der Waals surface area contributed by atoms with Gasteiger partial charge in [-0.05, 0) is 41.8 Å². The van der Waals surface area contributed by atoms with Crippen LogP contribution < -0.4 is 15.4 Å². The van der Waals surface area contributed by atoms with Crippen LogP contribution in [0.25, 0.3) is 11.1 Å². The van der Waals surface area contributed by atoms with Crippen molar-refractivity contribution in [3.8, 4) is 17.0 Å². The molecule has 0 atom stereocenters. The molecular formula is C17H21N3O2. The zero-order chi connectivity index (χ0) is 15.5. The van der Waals surface area contributed by atoms with E-state index in [9.17, 15) is 0 Å². The maximum atomic E-state index is 5.94. The highest BCUT2D eigenvalue weighted by Crippen LogP contribution is 2.31. The molecule has 2 aromatic rings. The first kappa shape index (κ1) is 14.7. The van der Waals surface area contributed by atoms with Gasteiger partial charge in [0.25, 0.3) is 0 Å². The number of nitrogens with two attached hydrogens (primary N) is 1. The van der Waals surface area contributed by atoms with E-state index in [0.717, 1.165) is 48.9 Å². The zero-order valence-electron chi connectivity index (χ0n) is 13.0. The standard InChI is InChI=1S/C17H21N3O2/c1-12-3-4-14(18)11-15(12)13-9-16(19-17(10-13)21-2)20-5-7-22-8-6-20/h3-4,9-11H,5-8,18H2,1-2H3. The Morgan fingerprint density at radius 3 is 2.68 bits per heavy atom. The molecule has 0 amide bonds. The second-order valence-electron chi connectivity index (χ2n) is 5.43. The fraction of sp³-hybridized carbons (Fsp3) is 0.353. The number of morpholine rings is 1. The van der Waals surface area contributed by atoms with Gasteiger partial charge in [-0.15, -0.1) is 0 Å². The molecule has 0 unspecified atom stereocenters. The lowest BCUT2D eigenvalue weighted by Crippen LogP contribution is -2.36. The molecule has 1 aliphatic heterocycles. The molecule has 1 aromatic heterocycles. The minimum absolute atomic E-state index is 0.612. The molecule has 0 bridgehead atoms. The first-order valence-electron chi connectivity index (χ1n) is 7.42. The summed E-state index contributed by atoms with van der Waals surface area (Å²) in [6.45, 7) is 5.22. The summed E-state index contributed by atoms with van der Waals surface area (Å²) in [5.41, 5.74) is 10.0. The summed E-state index contributed by atoms with van der Waals surface area (Å²) in [7, 11) is 1.64. The van der Waals surface area contributed by atoms with Crippen molar-refractivity contribution in [3.05, 3.63) is 35.9 Å². The number of nitrogens with zero attached hydrogens (tertiary/aromatic N) is 2. The smallest absolute Gasteiger partial charge is 0.215 e. The van der Waals surface area contributed by atoms with Crippen LogP contribution in [0, 0.1) is 6.92 Å². The Morgan fingerprint density at radius 2 is 1.95 bits per heavy atom.